The number of aliphatic carboxylic acids is 1. The number of fused-ring (bicyclic) bond motifs is 1. The van der Waals surface area contributed by atoms with E-state index in [0.717, 1.165) is 0 Å². The number of nitro groups is 2. The highest BCUT2D eigenvalue weighted by Gasteiger charge is 2.30. The molecule has 1 aromatic heterocycles. The van der Waals surface area contributed by atoms with E-state index in [1.54, 1.807) is 6.92 Å². The fourth-order valence-corrected chi connectivity index (χ4v) is 2.33. The predicted octanol–water partition coefficient (Wildman–Crippen LogP) is 2.23. The number of hydrogen-bond acceptors (Lipinski definition) is 5. The maximum Gasteiger partial charge on any atom is 0.326 e. The van der Waals surface area contributed by atoms with Gasteiger partial charge in [-0.25, -0.2) is 4.98 Å². The maximum absolute atomic E-state index is 11.3. The number of aromatic amines is 1. The number of aromatic nitrogens is 1. The maximum atomic E-state index is 11.3. The summed E-state index contributed by atoms with van der Waals surface area (Å²) in [5.74, 6) is -1.83. The van der Waals surface area contributed by atoms with Crippen LogP contribution < -0.4 is 0 Å². The van der Waals surface area contributed by atoms with Gasteiger partial charge in [0.05, 0.1) is 16.9 Å². The third-order valence-electron chi connectivity index (χ3n) is 3.35. The summed E-state index contributed by atoms with van der Waals surface area (Å²) in [4.78, 5) is 34.3. The molecule has 0 atom stereocenters. The molecule has 9 heteroatoms. The van der Waals surface area contributed by atoms with Crippen LogP contribution in [0.2, 0.25) is 0 Å². The largest absolute Gasteiger partial charge is 0.481 e. The molecule has 0 radical (unpaired) electrons. The van der Waals surface area contributed by atoms with Gasteiger partial charge in [0.2, 0.25) is 0 Å². The first-order valence-corrected chi connectivity index (χ1v) is 5.89. The topological polar surface area (TPSA) is 139 Å². The number of H-pyrrole nitrogens is 1. The number of nitro benzene ring substituents is 1. The van der Waals surface area contributed by atoms with Crippen LogP contribution >= 0.6 is 0 Å². The highest BCUT2D eigenvalue weighted by atomic mass is 16.6. The minimum Gasteiger partial charge on any atom is -0.481 e. The first-order valence-electron chi connectivity index (χ1n) is 5.89. The fourth-order valence-electron chi connectivity index (χ4n) is 2.33. The molecule has 21 heavy (non-hydrogen) atoms. The third kappa shape index (κ3) is 2.29. The molecule has 1 heterocycles. The van der Waals surface area contributed by atoms with Gasteiger partial charge in [0.15, 0.2) is 0 Å². The van der Waals surface area contributed by atoms with E-state index in [9.17, 15) is 25.0 Å². The average molecular weight is 293 g/mol. The second-order valence-electron chi connectivity index (χ2n) is 4.63. The molecule has 2 aromatic rings. The molecule has 0 unspecified atom stereocenters. The summed E-state index contributed by atoms with van der Waals surface area (Å²) in [5.41, 5.74) is 0.649. The average Bonchev–Trinajstić information content (AvgIpc) is 2.68. The summed E-state index contributed by atoms with van der Waals surface area (Å²) in [6.07, 6.45) is -0.667. The van der Waals surface area contributed by atoms with Gasteiger partial charge in [0, 0.05) is 5.56 Å². The Morgan fingerprint density at radius 3 is 2.38 bits per heavy atom. The SMILES string of the molecule is Cc1cc2[nH]c([N+](=O)[O-])c(CC(=O)O)c2c([N+](=O)[O-])c1C. The summed E-state index contributed by atoms with van der Waals surface area (Å²) in [7, 11) is 0. The van der Waals surface area contributed by atoms with Gasteiger partial charge in [-0.1, -0.05) is 0 Å². The quantitative estimate of drug-likeness (QED) is 0.654. The lowest BCUT2D eigenvalue weighted by atomic mass is 10.0. The smallest absolute Gasteiger partial charge is 0.326 e. The number of rotatable bonds is 4. The summed E-state index contributed by atoms with van der Waals surface area (Å²) in [5, 5.41) is 31.2. The van der Waals surface area contributed by atoms with Crippen molar-refractivity contribution in [3.05, 3.63) is 43.0 Å². The van der Waals surface area contributed by atoms with Crippen molar-refractivity contribution in [1.29, 1.82) is 0 Å². The Hall–Kier alpha value is -2.97. The Morgan fingerprint density at radius 1 is 1.29 bits per heavy atom. The lowest BCUT2D eigenvalue weighted by Crippen LogP contribution is -2.04. The minimum atomic E-state index is -1.30. The first-order chi connectivity index (χ1) is 9.73. The Labute approximate surface area is 117 Å². The molecule has 0 bridgehead atoms. The zero-order valence-corrected chi connectivity index (χ0v) is 11.2. The molecule has 2 N–H and O–H groups in total. The molecule has 0 aliphatic heterocycles. The van der Waals surface area contributed by atoms with Crippen LogP contribution in [0.4, 0.5) is 11.5 Å². The molecule has 0 aliphatic rings. The molecule has 2 rings (SSSR count). The molecule has 9 nitrogen and oxygen atoms in total. The molecular formula is C12H11N3O6. The van der Waals surface area contributed by atoms with Gasteiger partial charge in [-0.2, -0.15) is 0 Å². The Bertz CT molecular complexity index is 792. The van der Waals surface area contributed by atoms with Crippen LogP contribution in [0, 0.1) is 34.1 Å². The molecular weight excluding hydrogens is 282 g/mol. The van der Waals surface area contributed by atoms with Crippen molar-refractivity contribution in [1.82, 2.24) is 4.98 Å². The lowest BCUT2D eigenvalue weighted by Gasteiger charge is -2.03. The fraction of sp³-hybridized carbons (Fsp3) is 0.250. The van der Waals surface area contributed by atoms with Gasteiger partial charge in [0.1, 0.15) is 10.9 Å². The molecule has 0 saturated heterocycles. The summed E-state index contributed by atoms with van der Waals surface area (Å²) in [6.45, 7) is 3.17. The van der Waals surface area contributed by atoms with Crippen molar-refractivity contribution >= 4 is 28.4 Å². The second-order valence-corrected chi connectivity index (χ2v) is 4.63. The van der Waals surface area contributed by atoms with E-state index in [1.165, 1.54) is 13.0 Å². The third-order valence-corrected chi connectivity index (χ3v) is 3.35. The van der Waals surface area contributed by atoms with E-state index in [2.05, 4.69) is 4.98 Å². The van der Waals surface area contributed by atoms with E-state index in [4.69, 9.17) is 5.11 Å². The van der Waals surface area contributed by atoms with Crippen LogP contribution in [-0.4, -0.2) is 25.9 Å². The zero-order valence-electron chi connectivity index (χ0n) is 11.2. The van der Waals surface area contributed by atoms with E-state index >= 15 is 0 Å². The van der Waals surface area contributed by atoms with Crippen molar-refractivity contribution in [3.63, 3.8) is 0 Å². The Kier molecular flexibility index (Phi) is 3.34. The molecule has 0 fully saturated rings. The first kappa shape index (κ1) is 14.4. The van der Waals surface area contributed by atoms with Gasteiger partial charge in [-0.15, -0.1) is 0 Å². The second kappa shape index (κ2) is 4.85. The van der Waals surface area contributed by atoms with Crippen LogP contribution in [0.1, 0.15) is 16.7 Å². The van der Waals surface area contributed by atoms with Crippen molar-refractivity contribution < 1.29 is 19.7 Å². The number of benzene rings is 1. The van der Waals surface area contributed by atoms with Crippen molar-refractivity contribution in [2.45, 2.75) is 20.3 Å². The molecule has 0 amide bonds. The predicted molar refractivity (Wildman–Crippen MR) is 72.4 cm³/mol. The van der Waals surface area contributed by atoms with E-state index < -0.39 is 28.1 Å². The minimum absolute atomic E-state index is 0.0165. The van der Waals surface area contributed by atoms with E-state index in [1.807, 2.05) is 0 Å². The number of nitrogens with zero attached hydrogens (tertiary/aromatic N) is 2. The summed E-state index contributed by atoms with van der Waals surface area (Å²) < 4.78 is 0. The monoisotopic (exact) mass is 293 g/mol. The van der Waals surface area contributed by atoms with E-state index in [-0.39, 0.29) is 22.2 Å². The molecule has 1 aromatic carbocycles. The highest BCUT2D eigenvalue weighted by Crippen LogP contribution is 2.38. The van der Waals surface area contributed by atoms with Crippen molar-refractivity contribution in [2.24, 2.45) is 0 Å². The number of carbonyl (C=O) groups is 1. The molecule has 110 valence electrons. The molecule has 0 spiro atoms. The standard InChI is InChI=1S/C12H11N3O6/c1-5-3-8-10(11(6(5)2)14(18)19)7(4-9(16)17)12(13-8)15(20)21/h3,13H,4H2,1-2H3,(H,16,17). The Morgan fingerprint density at radius 2 is 1.90 bits per heavy atom. The number of nitrogens with one attached hydrogen (secondary N) is 1. The normalized spacial score (nSPS) is 10.8. The zero-order chi connectivity index (χ0) is 15.9. The highest BCUT2D eigenvalue weighted by molar-refractivity contribution is 5.98. The van der Waals surface area contributed by atoms with Crippen LogP contribution in [0.3, 0.4) is 0 Å². The van der Waals surface area contributed by atoms with Gasteiger partial charge < -0.3 is 15.2 Å². The van der Waals surface area contributed by atoms with Gasteiger partial charge in [-0.3, -0.25) is 14.9 Å². The number of carboxylic acids is 1. The number of carboxylic acid groups (broad SMARTS) is 1. The number of aryl methyl sites for hydroxylation is 1. The van der Waals surface area contributed by atoms with Crippen molar-refractivity contribution in [3.8, 4) is 0 Å². The molecule has 0 saturated carbocycles. The van der Waals surface area contributed by atoms with Crippen LogP contribution in [-0.2, 0) is 11.2 Å². The lowest BCUT2D eigenvalue weighted by molar-refractivity contribution is -0.390. The van der Waals surface area contributed by atoms with Crippen LogP contribution in [0.5, 0.6) is 0 Å². The molecule has 0 aliphatic carbocycles. The number of hydrogen-bond donors (Lipinski definition) is 2. The van der Waals surface area contributed by atoms with Crippen LogP contribution in [0.15, 0.2) is 6.07 Å². The summed E-state index contributed by atoms with van der Waals surface area (Å²) in [6, 6.07) is 1.54. The van der Waals surface area contributed by atoms with Crippen molar-refractivity contribution in [2.75, 3.05) is 0 Å². The van der Waals surface area contributed by atoms with Gasteiger partial charge in [-0.05, 0) is 30.4 Å². The van der Waals surface area contributed by atoms with E-state index in [0.29, 0.717) is 11.1 Å². The summed E-state index contributed by atoms with van der Waals surface area (Å²) >= 11 is 0. The Balaban J connectivity index is 2.98. The van der Waals surface area contributed by atoms with Crippen LogP contribution in [0.25, 0.3) is 10.9 Å². The van der Waals surface area contributed by atoms with Gasteiger partial charge in [0.25, 0.3) is 5.69 Å². The van der Waals surface area contributed by atoms with Gasteiger partial charge >= 0.3 is 11.8 Å².